The van der Waals surface area contributed by atoms with Gasteiger partial charge in [-0.25, -0.2) is 0 Å². The Kier molecular flexibility index (Phi) is 2.49. The molecule has 0 N–H and O–H groups in total. The second kappa shape index (κ2) is 3.19. The van der Waals surface area contributed by atoms with Crippen LogP contribution in [0.5, 0.6) is 0 Å². The maximum Gasteiger partial charge on any atom is 0.0493 e. The van der Waals surface area contributed by atoms with Crippen LogP contribution in [0.1, 0.15) is 25.6 Å². The van der Waals surface area contributed by atoms with Crippen molar-refractivity contribution in [1.82, 2.24) is 9.78 Å². The van der Waals surface area contributed by atoms with Gasteiger partial charge in [0.25, 0.3) is 0 Å². The predicted octanol–water partition coefficient (Wildman–Crippen LogP) is 2.36. The molecule has 0 unspecified atom stereocenters. The Morgan fingerprint density at radius 3 is 2.80 bits per heavy atom. The maximum atomic E-state index is 4.17. The quantitative estimate of drug-likeness (QED) is 0.674. The standard InChI is InChI=1S/C7H11BrN2/c1-6(2)10-7(5-8)3-4-9-10/h3-4,6H,5H2,1-2H3. The second-order valence-electron chi connectivity index (χ2n) is 2.49. The molecule has 0 spiro atoms. The van der Waals surface area contributed by atoms with E-state index in [4.69, 9.17) is 0 Å². The molecule has 3 heteroatoms. The molecule has 0 saturated carbocycles. The van der Waals surface area contributed by atoms with Crippen LogP contribution < -0.4 is 0 Å². The summed E-state index contributed by atoms with van der Waals surface area (Å²) in [4.78, 5) is 0. The minimum Gasteiger partial charge on any atom is -0.266 e. The molecular formula is C7H11BrN2. The number of hydrogen-bond acceptors (Lipinski definition) is 1. The van der Waals surface area contributed by atoms with Gasteiger partial charge in [-0.15, -0.1) is 0 Å². The van der Waals surface area contributed by atoms with Gasteiger partial charge in [0.2, 0.25) is 0 Å². The molecule has 0 aliphatic heterocycles. The fourth-order valence-electron chi connectivity index (χ4n) is 0.912. The zero-order valence-corrected chi connectivity index (χ0v) is 7.80. The largest absolute Gasteiger partial charge is 0.266 e. The molecule has 1 aromatic rings. The van der Waals surface area contributed by atoms with E-state index in [1.165, 1.54) is 5.69 Å². The normalized spacial score (nSPS) is 10.8. The third-order valence-electron chi connectivity index (χ3n) is 1.38. The highest BCUT2D eigenvalue weighted by atomic mass is 79.9. The summed E-state index contributed by atoms with van der Waals surface area (Å²) < 4.78 is 2.01. The molecule has 0 radical (unpaired) electrons. The van der Waals surface area contributed by atoms with Crippen LogP contribution in [0.3, 0.4) is 0 Å². The van der Waals surface area contributed by atoms with Crippen LogP contribution in [0, 0.1) is 0 Å². The molecule has 0 atom stereocenters. The molecule has 0 aliphatic rings. The molecule has 0 bridgehead atoms. The Balaban J connectivity index is 2.90. The molecular weight excluding hydrogens is 192 g/mol. The summed E-state index contributed by atoms with van der Waals surface area (Å²) in [6.45, 7) is 4.25. The van der Waals surface area contributed by atoms with E-state index < -0.39 is 0 Å². The Hall–Kier alpha value is -0.310. The van der Waals surface area contributed by atoms with Crippen LogP contribution in [0.15, 0.2) is 12.3 Å². The second-order valence-corrected chi connectivity index (χ2v) is 3.06. The smallest absolute Gasteiger partial charge is 0.0493 e. The highest BCUT2D eigenvalue weighted by molar-refractivity contribution is 9.08. The predicted molar refractivity (Wildman–Crippen MR) is 45.2 cm³/mol. The Labute approximate surface area is 69.4 Å². The summed E-state index contributed by atoms with van der Waals surface area (Å²) >= 11 is 3.39. The summed E-state index contributed by atoms with van der Waals surface area (Å²) in [6, 6.07) is 2.48. The Morgan fingerprint density at radius 1 is 1.70 bits per heavy atom. The molecule has 56 valence electrons. The van der Waals surface area contributed by atoms with Crippen LogP contribution >= 0.6 is 15.9 Å². The molecule has 10 heavy (non-hydrogen) atoms. The highest BCUT2D eigenvalue weighted by Gasteiger charge is 2.02. The number of nitrogens with zero attached hydrogens (tertiary/aromatic N) is 2. The van der Waals surface area contributed by atoms with Gasteiger partial charge >= 0.3 is 0 Å². The Morgan fingerprint density at radius 2 is 2.40 bits per heavy atom. The van der Waals surface area contributed by atoms with Gasteiger partial charge in [-0.3, -0.25) is 4.68 Å². The third kappa shape index (κ3) is 1.40. The maximum absolute atomic E-state index is 4.17. The van der Waals surface area contributed by atoms with Gasteiger partial charge < -0.3 is 0 Å². The number of alkyl halides is 1. The van der Waals surface area contributed by atoms with E-state index in [-0.39, 0.29) is 0 Å². The van der Waals surface area contributed by atoms with Crippen molar-refractivity contribution in [1.29, 1.82) is 0 Å². The minimum atomic E-state index is 0.461. The van der Waals surface area contributed by atoms with Crippen molar-refractivity contribution in [2.45, 2.75) is 25.2 Å². The molecule has 1 aromatic heterocycles. The van der Waals surface area contributed by atoms with Crippen LogP contribution in [-0.2, 0) is 5.33 Å². The van der Waals surface area contributed by atoms with Crippen LogP contribution in [0.25, 0.3) is 0 Å². The van der Waals surface area contributed by atoms with E-state index in [1.807, 2.05) is 16.9 Å². The third-order valence-corrected chi connectivity index (χ3v) is 1.95. The first kappa shape index (κ1) is 7.79. The lowest BCUT2D eigenvalue weighted by Crippen LogP contribution is -2.05. The van der Waals surface area contributed by atoms with Crippen molar-refractivity contribution in [3.05, 3.63) is 18.0 Å². The number of hydrogen-bond donors (Lipinski definition) is 0. The lowest BCUT2D eigenvalue weighted by Gasteiger charge is -2.07. The first-order valence-corrected chi connectivity index (χ1v) is 4.46. The SMILES string of the molecule is CC(C)n1nccc1CBr. The van der Waals surface area contributed by atoms with Crippen LogP contribution in [0.2, 0.25) is 0 Å². The highest BCUT2D eigenvalue weighted by Crippen LogP contribution is 2.10. The van der Waals surface area contributed by atoms with E-state index in [0.29, 0.717) is 6.04 Å². The number of rotatable bonds is 2. The molecule has 1 rings (SSSR count). The van der Waals surface area contributed by atoms with E-state index in [1.54, 1.807) is 0 Å². The summed E-state index contributed by atoms with van der Waals surface area (Å²) in [5.41, 5.74) is 1.23. The van der Waals surface area contributed by atoms with Gasteiger partial charge in [0.15, 0.2) is 0 Å². The molecule has 0 aromatic carbocycles. The minimum absolute atomic E-state index is 0.461. The van der Waals surface area contributed by atoms with Crippen molar-refractivity contribution in [2.75, 3.05) is 0 Å². The number of aromatic nitrogens is 2. The fourth-order valence-corrected chi connectivity index (χ4v) is 1.36. The van der Waals surface area contributed by atoms with Gasteiger partial charge in [-0.05, 0) is 19.9 Å². The van der Waals surface area contributed by atoms with E-state index in [2.05, 4.69) is 34.9 Å². The molecule has 0 saturated heterocycles. The molecule has 1 heterocycles. The zero-order valence-electron chi connectivity index (χ0n) is 6.21. The molecule has 2 nitrogen and oxygen atoms in total. The van der Waals surface area contributed by atoms with Crippen molar-refractivity contribution in [2.24, 2.45) is 0 Å². The Bertz CT molecular complexity index is 205. The van der Waals surface area contributed by atoms with Crippen molar-refractivity contribution in [3.8, 4) is 0 Å². The van der Waals surface area contributed by atoms with Gasteiger partial charge in [0.05, 0.1) is 0 Å². The molecule has 0 fully saturated rings. The van der Waals surface area contributed by atoms with E-state index >= 15 is 0 Å². The summed E-state index contributed by atoms with van der Waals surface area (Å²) in [5.74, 6) is 0. The first-order valence-electron chi connectivity index (χ1n) is 3.34. The van der Waals surface area contributed by atoms with Crippen molar-refractivity contribution < 1.29 is 0 Å². The fraction of sp³-hybridized carbons (Fsp3) is 0.571. The van der Waals surface area contributed by atoms with Crippen LogP contribution in [-0.4, -0.2) is 9.78 Å². The average molecular weight is 203 g/mol. The van der Waals surface area contributed by atoms with Gasteiger partial charge in [-0.1, -0.05) is 15.9 Å². The van der Waals surface area contributed by atoms with E-state index in [9.17, 15) is 0 Å². The summed E-state index contributed by atoms with van der Waals surface area (Å²) in [7, 11) is 0. The van der Waals surface area contributed by atoms with Crippen molar-refractivity contribution in [3.63, 3.8) is 0 Å². The first-order chi connectivity index (χ1) is 4.75. The average Bonchev–Trinajstić information content (AvgIpc) is 2.33. The van der Waals surface area contributed by atoms with Gasteiger partial charge in [0, 0.05) is 23.3 Å². The summed E-state index contributed by atoms with van der Waals surface area (Å²) in [6.07, 6.45) is 1.83. The number of halogens is 1. The van der Waals surface area contributed by atoms with E-state index in [0.717, 1.165) is 5.33 Å². The van der Waals surface area contributed by atoms with Crippen LogP contribution in [0.4, 0.5) is 0 Å². The summed E-state index contributed by atoms with van der Waals surface area (Å²) in [5, 5.41) is 5.05. The molecule has 0 aliphatic carbocycles. The molecule has 0 amide bonds. The van der Waals surface area contributed by atoms with Gasteiger partial charge in [0.1, 0.15) is 0 Å². The topological polar surface area (TPSA) is 17.8 Å². The zero-order chi connectivity index (χ0) is 7.56. The lowest BCUT2D eigenvalue weighted by atomic mass is 10.4. The lowest BCUT2D eigenvalue weighted by molar-refractivity contribution is 0.518. The monoisotopic (exact) mass is 202 g/mol. The van der Waals surface area contributed by atoms with Gasteiger partial charge in [-0.2, -0.15) is 5.10 Å². The van der Waals surface area contributed by atoms with Crippen molar-refractivity contribution >= 4 is 15.9 Å².